The fourth-order valence-electron chi connectivity index (χ4n) is 2.58. The third kappa shape index (κ3) is 3.33. The molecule has 0 bridgehead atoms. The molecule has 1 fully saturated rings. The number of rotatable bonds is 7. The minimum Gasteiger partial charge on any atom is -0.479 e. The van der Waals surface area contributed by atoms with Crippen molar-refractivity contribution in [2.24, 2.45) is 0 Å². The van der Waals surface area contributed by atoms with Crippen LogP contribution in [0.1, 0.15) is 0 Å². The van der Waals surface area contributed by atoms with Crippen LogP contribution in [-0.2, 0) is 14.3 Å². The Labute approximate surface area is 130 Å². The molecule has 0 spiro atoms. The monoisotopic (exact) mass is 342 g/mol. The first-order valence-corrected chi connectivity index (χ1v) is 6.75. The molecule has 1 saturated heterocycles. The Morgan fingerprint density at radius 3 is 2.13 bits per heavy atom. The molecule has 8 N–H and O–H groups in total. The average molecular weight is 342 g/mol. The van der Waals surface area contributed by atoms with Crippen LogP contribution in [0.3, 0.4) is 0 Å². The van der Waals surface area contributed by atoms with Gasteiger partial charge in [-0.05, 0) is 0 Å². The van der Waals surface area contributed by atoms with Crippen LogP contribution in [0.4, 0.5) is 0 Å². The Kier molecular flexibility index (Phi) is 6.82. The molecule has 0 saturated carbocycles. The van der Waals surface area contributed by atoms with Crippen LogP contribution in [0.25, 0.3) is 0 Å². The van der Waals surface area contributed by atoms with Crippen molar-refractivity contribution < 1.29 is 55.1 Å². The first-order chi connectivity index (χ1) is 10.7. The van der Waals surface area contributed by atoms with Crippen LogP contribution in [-0.4, -0.2) is 115 Å². The summed E-state index contributed by atoms with van der Waals surface area (Å²) in [5.41, 5.74) is -2.78. The van der Waals surface area contributed by atoms with Crippen molar-refractivity contribution >= 4 is 5.97 Å². The number of carbonyl (C=O) groups is 1. The van der Waals surface area contributed by atoms with Crippen LogP contribution in [0, 0.1) is 0 Å². The summed E-state index contributed by atoms with van der Waals surface area (Å²) in [5, 5.41) is 76.6. The van der Waals surface area contributed by atoms with Crippen molar-refractivity contribution in [1.29, 1.82) is 0 Å². The number of methoxy groups -OCH3 is 1. The van der Waals surface area contributed by atoms with Crippen LogP contribution >= 0.6 is 0 Å². The standard InChI is InChI=1S/C12H22O11/c1-22-12(11(20)21,9(19)4(15)2-13)10-8(18)7(17)6(16)5(3-14)23-10/h4-10,13-19H,2-3H2,1H3,(H,20,21)/t4-,5-,6-,7+,8-,9-,10?,12-/m1/s1. The molecular weight excluding hydrogens is 320 g/mol. The Balaban J connectivity index is 3.33. The third-order valence-electron chi connectivity index (χ3n) is 3.98. The van der Waals surface area contributed by atoms with Gasteiger partial charge < -0.3 is 50.3 Å². The zero-order valence-corrected chi connectivity index (χ0v) is 12.3. The zero-order chi connectivity index (χ0) is 17.9. The Hall–Kier alpha value is -0.890. The molecule has 136 valence electrons. The minimum absolute atomic E-state index is 0.820. The quantitative estimate of drug-likeness (QED) is 0.220. The normalized spacial score (nSPS) is 37.0. The van der Waals surface area contributed by atoms with E-state index < -0.39 is 67.5 Å². The lowest BCUT2D eigenvalue weighted by Gasteiger charge is -2.48. The molecule has 1 aliphatic rings. The van der Waals surface area contributed by atoms with Crippen molar-refractivity contribution in [3.8, 4) is 0 Å². The summed E-state index contributed by atoms with van der Waals surface area (Å²) in [5.74, 6) is -1.86. The van der Waals surface area contributed by atoms with E-state index >= 15 is 0 Å². The Morgan fingerprint density at radius 1 is 1.17 bits per heavy atom. The highest BCUT2D eigenvalue weighted by molar-refractivity contribution is 5.79. The number of aliphatic hydroxyl groups excluding tert-OH is 7. The highest BCUT2D eigenvalue weighted by atomic mass is 16.6. The molecule has 1 unspecified atom stereocenters. The molecule has 0 amide bonds. The molecule has 11 nitrogen and oxygen atoms in total. The first-order valence-electron chi connectivity index (χ1n) is 6.75. The summed E-state index contributed by atoms with van der Waals surface area (Å²) in [6, 6.07) is 0. The third-order valence-corrected chi connectivity index (χ3v) is 3.98. The van der Waals surface area contributed by atoms with Crippen LogP contribution in [0.5, 0.6) is 0 Å². The van der Waals surface area contributed by atoms with E-state index in [-0.39, 0.29) is 0 Å². The number of carboxylic acids is 1. The van der Waals surface area contributed by atoms with Crippen molar-refractivity contribution in [2.75, 3.05) is 20.3 Å². The fourth-order valence-corrected chi connectivity index (χ4v) is 2.58. The van der Waals surface area contributed by atoms with Crippen LogP contribution < -0.4 is 0 Å². The van der Waals surface area contributed by atoms with Crippen molar-refractivity contribution in [3.05, 3.63) is 0 Å². The molecule has 0 radical (unpaired) electrons. The van der Waals surface area contributed by atoms with E-state index in [1.54, 1.807) is 0 Å². The van der Waals surface area contributed by atoms with Crippen LogP contribution in [0.2, 0.25) is 0 Å². The van der Waals surface area contributed by atoms with Crippen molar-refractivity contribution in [1.82, 2.24) is 0 Å². The molecule has 0 aromatic rings. The number of hydrogen-bond acceptors (Lipinski definition) is 10. The maximum Gasteiger partial charge on any atom is 0.341 e. The van der Waals surface area contributed by atoms with Gasteiger partial charge in [0.1, 0.15) is 42.7 Å². The molecule has 8 atom stereocenters. The second kappa shape index (κ2) is 7.79. The lowest BCUT2D eigenvalue weighted by Crippen LogP contribution is -2.72. The lowest BCUT2D eigenvalue weighted by atomic mass is 9.79. The number of aliphatic carboxylic acids is 1. The highest BCUT2D eigenvalue weighted by Gasteiger charge is 2.62. The van der Waals surface area contributed by atoms with E-state index in [1.165, 1.54) is 0 Å². The smallest absolute Gasteiger partial charge is 0.341 e. The largest absolute Gasteiger partial charge is 0.479 e. The molecule has 0 aromatic carbocycles. The van der Waals surface area contributed by atoms with E-state index in [0.29, 0.717) is 0 Å². The summed E-state index contributed by atoms with van der Waals surface area (Å²) in [7, 11) is 0.850. The lowest BCUT2D eigenvalue weighted by molar-refractivity contribution is -0.294. The summed E-state index contributed by atoms with van der Waals surface area (Å²) >= 11 is 0. The maximum absolute atomic E-state index is 11.7. The van der Waals surface area contributed by atoms with Gasteiger partial charge in [0.2, 0.25) is 5.60 Å². The van der Waals surface area contributed by atoms with Crippen molar-refractivity contribution in [3.63, 3.8) is 0 Å². The van der Waals surface area contributed by atoms with E-state index in [9.17, 15) is 35.4 Å². The number of hydrogen-bond donors (Lipinski definition) is 8. The summed E-state index contributed by atoms with van der Waals surface area (Å²) in [4.78, 5) is 11.7. The Bertz CT molecular complexity index is 402. The molecule has 1 heterocycles. The highest BCUT2D eigenvalue weighted by Crippen LogP contribution is 2.34. The predicted octanol–water partition coefficient (Wildman–Crippen LogP) is -4.99. The average Bonchev–Trinajstić information content (AvgIpc) is 2.54. The van der Waals surface area contributed by atoms with E-state index in [0.717, 1.165) is 7.11 Å². The summed E-state index contributed by atoms with van der Waals surface area (Å²) in [6.45, 7) is -1.84. The molecule has 23 heavy (non-hydrogen) atoms. The van der Waals surface area contributed by atoms with Gasteiger partial charge in [0.05, 0.1) is 13.2 Å². The van der Waals surface area contributed by atoms with Crippen molar-refractivity contribution in [2.45, 2.75) is 48.3 Å². The second-order valence-electron chi connectivity index (χ2n) is 5.25. The van der Waals surface area contributed by atoms with Gasteiger partial charge in [0.25, 0.3) is 0 Å². The number of ether oxygens (including phenoxy) is 2. The second-order valence-corrected chi connectivity index (χ2v) is 5.25. The molecule has 1 aliphatic heterocycles. The minimum atomic E-state index is -2.78. The van der Waals surface area contributed by atoms with Crippen LogP contribution in [0.15, 0.2) is 0 Å². The van der Waals surface area contributed by atoms with Gasteiger partial charge in [0, 0.05) is 7.11 Å². The number of aliphatic hydroxyl groups is 7. The fraction of sp³-hybridized carbons (Fsp3) is 0.917. The van der Waals surface area contributed by atoms with Gasteiger partial charge in [-0.15, -0.1) is 0 Å². The molecule has 0 aromatic heterocycles. The van der Waals surface area contributed by atoms with Gasteiger partial charge in [-0.1, -0.05) is 0 Å². The van der Waals surface area contributed by atoms with Gasteiger partial charge in [-0.25, -0.2) is 4.79 Å². The van der Waals surface area contributed by atoms with Gasteiger partial charge in [-0.2, -0.15) is 0 Å². The maximum atomic E-state index is 11.7. The zero-order valence-electron chi connectivity index (χ0n) is 12.3. The van der Waals surface area contributed by atoms with Gasteiger partial charge >= 0.3 is 5.97 Å². The molecule has 11 heteroatoms. The molecule has 0 aliphatic carbocycles. The Morgan fingerprint density at radius 2 is 1.74 bits per heavy atom. The molecule has 1 rings (SSSR count). The van der Waals surface area contributed by atoms with E-state index in [1.807, 2.05) is 0 Å². The topological polar surface area (TPSA) is 197 Å². The summed E-state index contributed by atoms with van der Waals surface area (Å²) < 4.78 is 9.89. The molecular formula is C12H22O11. The van der Waals surface area contributed by atoms with E-state index in [2.05, 4.69) is 0 Å². The van der Waals surface area contributed by atoms with Gasteiger partial charge in [-0.3, -0.25) is 0 Å². The van der Waals surface area contributed by atoms with Gasteiger partial charge in [0.15, 0.2) is 0 Å². The summed E-state index contributed by atoms with van der Waals surface area (Å²) in [6.07, 6.45) is -13.3. The number of carboxylic acid groups (broad SMARTS) is 1. The SMILES string of the molecule is CO[C@@](C(=O)O)(C1O[C@H](CO)[C@@H](O)[C@H](O)[C@H]1O)[C@H](O)[C@H](O)CO. The van der Waals surface area contributed by atoms with E-state index in [4.69, 9.17) is 19.7 Å². The predicted molar refractivity (Wildman–Crippen MR) is 70.2 cm³/mol. The first kappa shape index (κ1) is 20.2.